The number of benzene rings is 7. The summed E-state index contributed by atoms with van der Waals surface area (Å²) in [4.78, 5) is 10.7. The minimum Gasteiger partial charge on any atom is -0.452 e. The molecule has 0 aliphatic rings. The maximum atomic E-state index is 6.47. The van der Waals surface area contributed by atoms with Crippen LogP contribution in [0, 0.1) is 0 Å². The normalized spacial score (nSPS) is 12.5. The second kappa shape index (κ2) is 9.00. The molecule has 5 heteroatoms. The first-order valence-corrected chi connectivity index (χ1v) is 16.6. The van der Waals surface area contributed by atoms with Crippen molar-refractivity contribution in [2.75, 3.05) is 0 Å². The van der Waals surface area contributed by atoms with E-state index in [1.54, 1.807) is 0 Å². The number of rotatable bonds is 2. The second-order valence-corrected chi connectivity index (χ2v) is 12.9. The van der Waals surface area contributed by atoms with E-state index in [2.05, 4.69) is 118 Å². The summed E-state index contributed by atoms with van der Waals surface area (Å²) in [6, 6.07) is 51.5. The van der Waals surface area contributed by atoms with Crippen LogP contribution in [0.5, 0.6) is 0 Å². The van der Waals surface area contributed by atoms with Gasteiger partial charge in [-0.05, 0) is 47.2 Å². The summed E-state index contributed by atoms with van der Waals surface area (Å²) in [5.74, 6) is 0.621. The first kappa shape index (κ1) is 25.4. The minimum absolute atomic E-state index is 0.621. The Morgan fingerprint density at radius 2 is 1.16 bits per heavy atom. The third-order valence-electron chi connectivity index (χ3n) is 10.4. The lowest BCUT2D eigenvalue weighted by molar-refractivity contribution is 0.666. The van der Waals surface area contributed by atoms with Crippen molar-refractivity contribution in [2.45, 2.75) is 0 Å². The first-order valence-electron chi connectivity index (χ1n) is 16.6. The van der Waals surface area contributed by atoms with Crippen LogP contribution in [0.3, 0.4) is 0 Å². The van der Waals surface area contributed by atoms with Crippen LogP contribution in [-0.4, -0.2) is 18.9 Å². The lowest BCUT2D eigenvalue weighted by atomic mass is 9.99. The minimum atomic E-state index is 0.621. The number of fused-ring (bicyclic) bond motifs is 15. The van der Waals surface area contributed by atoms with E-state index in [4.69, 9.17) is 14.4 Å². The highest BCUT2D eigenvalue weighted by molar-refractivity contribution is 6.37. The molecular weight excluding hydrogens is 601 g/mol. The highest BCUT2D eigenvalue weighted by atomic mass is 16.3. The Kier molecular flexibility index (Phi) is 4.66. The van der Waals surface area contributed by atoms with Gasteiger partial charge in [-0.15, -0.1) is 0 Å². The third-order valence-corrected chi connectivity index (χ3v) is 10.4. The smallest absolute Gasteiger partial charge is 0.236 e. The molecule has 0 amide bonds. The number of furan rings is 1. The second-order valence-electron chi connectivity index (χ2n) is 12.9. The lowest BCUT2D eigenvalue weighted by Gasteiger charge is -2.10. The molecular formula is C44H24N4O. The fourth-order valence-corrected chi connectivity index (χ4v) is 8.47. The van der Waals surface area contributed by atoms with E-state index in [1.807, 2.05) is 36.4 Å². The molecule has 0 bridgehead atoms. The standard InChI is InChI=1S/C44H24N4O/c1-2-13-26(14-3-1)40-43-41(30-18-8-11-21-36(30)49-43)46-44(45-40)48-33-20-10-6-16-28(33)38-35(48)24-31-37-27-15-5-4-12-25(27)22-23-34(37)47-32-19-9-7-17-29(32)39(38)42(31)47/h1-24H. The summed E-state index contributed by atoms with van der Waals surface area (Å²) in [6.45, 7) is 0. The average Bonchev–Trinajstić information content (AvgIpc) is 3.90. The fourth-order valence-electron chi connectivity index (χ4n) is 8.47. The van der Waals surface area contributed by atoms with Crippen molar-refractivity contribution in [3.63, 3.8) is 0 Å². The van der Waals surface area contributed by atoms with E-state index >= 15 is 0 Å². The van der Waals surface area contributed by atoms with Gasteiger partial charge in [0.1, 0.15) is 16.8 Å². The van der Waals surface area contributed by atoms with Gasteiger partial charge in [-0.2, -0.15) is 0 Å². The molecule has 0 saturated carbocycles. The van der Waals surface area contributed by atoms with E-state index in [9.17, 15) is 0 Å². The molecule has 0 radical (unpaired) electrons. The Morgan fingerprint density at radius 3 is 2.02 bits per heavy atom. The lowest BCUT2D eigenvalue weighted by Crippen LogP contribution is -2.02. The monoisotopic (exact) mass is 624 g/mol. The molecule has 49 heavy (non-hydrogen) atoms. The largest absolute Gasteiger partial charge is 0.452 e. The molecule has 5 nitrogen and oxygen atoms in total. The van der Waals surface area contributed by atoms with Gasteiger partial charge < -0.3 is 8.82 Å². The zero-order valence-corrected chi connectivity index (χ0v) is 26.1. The van der Waals surface area contributed by atoms with Gasteiger partial charge in [-0.3, -0.25) is 4.57 Å². The van der Waals surface area contributed by atoms with Crippen LogP contribution in [0.25, 0.3) is 110 Å². The molecule has 0 fully saturated rings. The van der Waals surface area contributed by atoms with Crippen molar-refractivity contribution < 1.29 is 4.42 Å². The molecule has 0 saturated heterocycles. The van der Waals surface area contributed by atoms with Crippen molar-refractivity contribution in [3.8, 4) is 17.2 Å². The Labute approximate surface area is 278 Å². The zero-order chi connectivity index (χ0) is 31.8. The maximum absolute atomic E-state index is 6.47. The third kappa shape index (κ3) is 3.15. The first-order chi connectivity index (χ1) is 24.3. The fraction of sp³-hybridized carbons (Fsp3) is 0. The van der Waals surface area contributed by atoms with Crippen LogP contribution >= 0.6 is 0 Å². The molecule has 0 spiro atoms. The molecule has 12 rings (SSSR count). The van der Waals surface area contributed by atoms with Gasteiger partial charge in [-0.25, -0.2) is 9.97 Å². The Hall–Kier alpha value is -6.72. The van der Waals surface area contributed by atoms with E-state index < -0.39 is 0 Å². The van der Waals surface area contributed by atoms with Crippen molar-refractivity contribution in [2.24, 2.45) is 0 Å². The van der Waals surface area contributed by atoms with E-state index in [-0.39, 0.29) is 0 Å². The molecule has 0 atom stereocenters. The average molecular weight is 625 g/mol. The Balaban J connectivity index is 1.33. The molecule has 0 aliphatic heterocycles. The van der Waals surface area contributed by atoms with Gasteiger partial charge in [0.15, 0.2) is 5.58 Å². The summed E-state index contributed by atoms with van der Waals surface area (Å²) in [5.41, 5.74) is 9.91. The number of nitrogens with zero attached hydrogens (tertiary/aromatic N) is 4. The molecule has 226 valence electrons. The SMILES string of the molecule is c1ccc(-c2nc(-n3c4ccccc4c4c5c6ccccc6n6c7ccc8ccccc8c7c(cc43)c56)nc3c2oc2ccccc23)cc1. The van der Waals surface area contributed by atoms with Crippen LogP contribution in [0.4, 0.5) is 0 Å². The van der Waals surface area contributed by atoms with E-state index in [1.165, 1.54) is 59.6 Å². The van der Waals surface area contributed by atoms with Gasteiger partial charge in [0, 0.05) is 43.3 Å². The number of para-hydroxylation sites is 3. The maximum Gasteiger partial charge on any atom is 0.236 e. The Morgan fingerprint density at radius 1 is 0.469 bits per heavy atom. The summed E-state index contributed by atoms with van der Waals surface area (Å²) >= 11 is 0. The van der Waals surface area contributed by atoms with E-state index in [0.717, 1.165) is 38.8 Å². The molecule has 0 N–H and O–H groups in total. The number of hydrogen-bond acceptors (Lipinski definition) is 3. The summed E-state index contributed by atoms with van der Waals surface area (Å²) in [6.07, 6.45) is 0. The highest BCUT2D eigenvalue weighted by Crippen LogP contribution is 2.48. The predicted molar refractivity (Wildman–Crippen MR) is 201 cm³/mol. The Bertz CT molecular complexity index is 3330. The zero-order valence-electron chi connectivity index (χ0n) is 26.1. The summed E-state index contributed by atoms with van der Waals surface area (Å²) < 4.78 is 11.2. The summed E-state index contributed by atoms with van der Waals surface area (Å²) in [5, 5.41) is 10.9. The highest BCUT2D eigenvalue weighted by Gasteiger charge is 2.26. The number of aromatic nitrogens is 4. The van der Waals surface area contributed by atoms with Crippen LogP contribution in [-0.2, 0) is 0 Å². The van der Waals surface area contributed by atoms with Crippen LogP contribution in [0.15, 0.2) is 150 Å². The quantitative estimate of drug-likeness (QED) is 0.192. The van der Waals surface area contributed by atoms with Crippen molar-refractivity contribution >= 4 is 92.7 Å². The molecule has 7 aromatic carbocycles. The van der Waals surface area contributed by atoms with Crippen molar-refractivity contribution in [3.05, 3.63) is 146 Å². The van der Waals surface area contributed by atoms with Crippen molar-refractivity contribution in [1.29, 1.82) is 0 Å². The molecule has 5 aromatic heterocycles. The van der Waals surface area contributed by atoms with Gasteiger partial charge in [0.25, 0.3) is 0 Å². The van der Waals surface area contributed by atoms with Crippen molar-refractivity contribution in [1.82, 2.24) is 18.9 Å². The topological polar surface area (TPSA) is 48.3 Å². The molecule has 12 aromatic rings. The molecule has 0 unspecified atom stereocenters. The van der Waals surface area contributed by atoms with E-state index in [0.29, 0.717) is 11.5 Å². The van der Waals surface area contributed by atoms with Gasteiger partial charge in [0.05, 0.1) is 27.6 Å². The van der Waals surface area contributed by atoms with Crippen LogP contribution in [0.1, 0.15) is 0 Å². The number of hydrogen-bond donors (Lipinski definition) is 0. The molecule has 5 heterocycles. The van der Waals surface area contributed by atoms with Crippen LogP contribution in [0.2, 0.25) is 0 Å². The predicted octanol–water partition coefficient (Wildman–Crippen LogP) is 11.4. The molecule has 0 aliphatic carbocycles. The van der Waals surface area contributed by atoms with Crippen LogP contribution < -0.4 is 0 Å². The van der Waals surface area contributed by atoms with Gasteiger partial charge >= 0.3 is 0 Å². The van der Waals surface area contributed by atoms with Gasteiger partial charge in [0.2, 0.25) is 5.95 Å². The van der Waals surface area contributed by atoms with Gasteiger partial charge in [-0.1, -0.05) is 109 Å². The summed E-state index contributed by atoms with van der Waals surface area (Å²) in [7, 11) is 0.